The molecule has 1 aromatic heterocycles. The third-order valence-electron chi connectivity index (χ3n) is 5.78. The molecular formula is C25H33N3O3. The van der Waals surface area contributed by atoms with Crippen molar-refractivity contribution in [2.24, 2.45) is 0 Å². The first-order valence-corrected chi connectivity index (χ1v) is 11.2. The van der Waals surface area contributed by atoms with Crippen LogP contribution in [0.25, 0.3) is 0 Å². The topological polar surface area (TPSA) is 54.9 Å². The Labute approximate surface area is 185 Å². The number of carbonyl (C=O) groups excluding carboxylic acids is 1. The summed E-state index contributed by atoms with van der Waals surface area (Å²) < 4.78 is 11.9. The van der Waals surface area contributed by atoms with Crippen molar-refractivity contribution in [3.05, 3.63) is 59.4 Å². The predicted octanol–water partition coefficient (Wildman–Crippen LogP) is 4.42. The van der Waals surface area contributed by atoms with Crippen LogP contribution in [-0.4, -0.2) is 52.2 Å². The van der Waals surface area contributed by atoms with Gasteiger partial charge in [0.05, 0.1) is 0 Å². The van der Waals surface area contributed by atoms with Gasteiger partial charge in [-0.1, -0.05) is 30.3 Å². The molecule has 31 heavy (non-hydrogen) atoms. The largest absolute Gasteiger partial charge is 0.490 e. The molecule has 166 valence electrons. The Balaban J connectivity index is 1.36. The van der Waals surface area contributed by atoms with E-state index in [1.165, 1.54) is 11.1 Å². The molecule has 0 spiro atoms. The lowest BCUT2D eigenvalue weighted by atomic mass is 10.0. The summed E-state index contributed by atoms with van der Waals surface area (Å²) in [5.41, 5.74) is 3.21. The molecule has 3 heterocycles. The third-order valence-corrected chi connectivity index (χ3v) is 5.78. The van der Waals surface area contributed by atoms with Crippen LogP contribution in [0.4, 0.5) is 4.79 Å². The average molecular weight is 424 g/mol. The minimum absolute atomic E-state index is 0.106. The van der Waals surface area contributed by atoms with Crippen LogP contribution in [0.3, 0.4) is 0 Å². The minimum Gasteiger partial charge on any atom is -0.490 e. The van der Waals surface area contributed by atoms with E-state index in [1.54, 1.807) is 4.90 Å². The van der Waals surface area contributed by atoms with E-state index in [0.717, 1.165) is 50.3 Å². The van der Waals surface area contributed by atoms with Crippen molar-refractivity contribution in [3.63, 3.8) is 0 Å². The molecule has 0 radical (unpaired) electrons. The summed E-state index contributed by atoms with van der Waals surface area (Å²) in [4.78, 5) is 21.2. The van der Waals surface area contributed by atoms with Gasteiger partial charge in [-0.05, 0) is 32.4 Å². The van der Waals surface area contributed by atoms with E-state index < -0.39 is 5.60 Å². The number of benzene rings is 1. The molecule has 2 aliphatic heterocycles. The Morgan fingerprint density at radius 3 is 2.55 bits per heavy atom. The SMILES string of the molecule is CC(C)(C)OC(=O)N1CCC(Oc2ccnc3c2CN(Cc2ccccc2)CC3)CC1. The summed E-state index contributed by atoms with van der Waals surface area (Å²) in [5, 5.41) is 0. The maximum Gasteiger partial charge on any atom is 0.410 e. The molecular weight excluding hydrogens is 390 g/mol. The number of piperidine rings is 1. The highest BCUT2D eigenvalue weighted by atomic mass is 16.6. The lowest BCUT2D eigenvalue weighted by Crippen LogP contribution is -2.44. The van der Waals surface area contributed by atoms with Gasteiger partial charge >= 0.3 is 6.09 Å². The number of ether oxygens (including phenoxy) is 2. The van der Waals surface area contributed by atoms with E-state index in [2.05, 4.69) is 40.2 Å². The number of pyridine rings is 1. The number of fused-ring (bicyclic) bond motifs is 1. The highest BCUT2D eigenvalue weighted by Gasteiger charge is 2.29. The van der Waals surface area contributed by atoms with Gasteiger partial charge in [0.2, 0.25) is 0 Å². The molecule has 2 aliphatic rings. The van der Waals surface area contributed by atoms with Gasteiger partial charge in [0, 0.05) is 69.4 Å². The molecule has 6 heteroatoms. The van der Waals surface area contributed by atoms with Crippen molar-refractivity contribution in [1.82, 2.24) is 14.8 Å². The number of hydrogen-bond acceptors (Lipinski definition) is 5. The molecule has 1 aromatic carbocycles. The number of amides is 1. The van der Waals surface area contributed by atoms with Gasteiger partial charge in [0.25, 0.3) is 0 Å². The second kappa shape index (κ2) is 9.27. The van der Waals surface area contributed by atoms with Gasteiger partial charge in [-0.15, -0.1) is 0 Å². The van der Waals surface area contributed by atoms with Gasteiger partial charge < -0.3 is 14.4 Å². The lowest BCUT2D eigenvalue weighted by Gasteiger charge is -2.34. The Kier molecular flexibility index (Phi) is 6.46. The molecule has 1 saturated heterocycles. The van der Waals surface area contributed by atoms with Crippen molar-refractivity contribution < 1.29 is 14.3 Å². The number of hydrogen-bond donors (Lipinski definition) is 0. The molecule has 6 nitrogen and oxygen atoms in total. The predicted molar refractivity (Wildman–Crippen MR) is 120 cm³/mol. The van der Waals surface area contributed by atoms with E-state index in [0.29, 0.717) is 13.1 Å². The van der Waals surface area contributed by atoms with Crippen molar-refractivity contribution in [2.75, 3.05) is 19.6 Å². The van der Waals surface area contributed by atoms with E-state index in [1.807, 2.05) is 33.0 Å². The second-order valence-electron chi connectivity index (χ2n) is 9.47. The summed E-state index contributed by atoms with van der Waals surface area (Å²) in [7, 11) is 0. The summed E-state index contributed by atoms with van der Waals surface area (Å²) in [6.07, 6.45) is 4.29. The smallest absolute Gasteiger partial charge is 0.410 e. The van der Waals surface area contributed by atoms with E-state index in [-0.39, 0.29) is 12.2 Å². The normalized spacial score (nSPS) is 17.8. The number of rotatable bonds is 4. The Hall–Kier alpha value is -2.60. The monoisotopic (exact) mass is 423 g/mol. The quantitative estimate of drug-likeness (QED) is 0.729. The molecule has 0 bridgehead atoms. The van der Waals surface area contributed by atoms with Crippen LogP contribution in [0.1, 0.15) is 50.4 Å². The summed E-state index contributed by atoms with van der Waals surface area (Å²) >= 11 is 0. The first kappa shape index (κ1) is 21.6. The molecule has 0 saturated carbocycles. The van der Waals surface area contributed by atoms with Crippen LogP contribution >= 0.6 is 0 Å². The number of carbonyl (C=O) groups is 1. The van der Waals surface area contributed by atoms with Crippen molar-refractivity contribution in [2.45, 2.75) is 64.8 Å². The zero-order chi connectivity index (χ0) is 21.8. The summed E-state index contributed by atoms with van der Waals surface area (Å²) in [5.74, 6) is 0.943. The first-order chi connectivity index (χ1) is 14.9. The van der Waals surface area contributed by atoms with Gasteiger partial charge in [0.15, 0.2) is 0 Å². The van der Waals surface area contributed by atoms with Gasteiger partial charge in [-0.25, -0.2) is 4.79 Å². The van der Waals surface area contributed by atoms with Crippen LogP contribution in [0.5, 0.6) is 5.75 Å². The maximum absolute atomic E-state index is 12.3. The molecule has 0 unspecified atom stereocenters. The second-order valence-corrected chi connectivity index (χ2v) is 9.47. The molecule has 1 amide bonds. The van der Waals surface area contributed by atoms with Gasteiger partial charge in [0.1, 0.15) is 17.5 Å². The van der Waals surface area contributed by atoms with Crippen molar-refractivity contribution in [3.8, 4) is 5.75 Å². The number of aromatic nitrogens is 1. The fourth-order valence-corrected chi connectivity index (χ4v) is 4.22. The molecule has 2 aromatic rings. The summed E-state index contributed by atoms with van der Waals surface area (Å²) in [6, 6.07) is 12.6. The zero-order valence-corrected chi connectivity index (χ0v) is 18.8. The Morgan fingerprint density at radius 2 is 1.84 bits per heavy atom. The van der Waals surface area contributed by atoms with E-state index >= 15 is 0 Å². The fraction of sp³-hybridized carbons (Fsp3) is 0.520. The number of nitrogens with zero attached hydrogens (tertiary/aromatic N) is 3. The van der Waals surface area contributed by atoms with Crippen LogP contribution in [0, 0.1) is 0 Å². The van der Waals surface area contributed by atoms with E-state index in [9.17, 15) is 4.79 Å². The molecule has 4 rings (SSSR count). The van der Waals surface area contributed by atoms with Crippen LogP contribution in [0.2, 0.25) is 0 Å². The van der Waals surface area contributed by atoms with Crippen LogP contribution in [-0.2, 0) is 24.2 Å². The first-order valence-electron chi connectivity index (χ1n) is 11.2. The van der Waals surface area contributed by atoms with Gasteiger partial charge in [-0.3, -0.25) is 9.88 Å². The van der Waals surface area contributed by atoms with Crippen molar-refractivity contribution in [1.29, 1.82) is 0 Å². The molecule has 0 atom stereocenters. The average Bonchev–Trinajstić information content (AvgIpc) is 2.74. The minimum atomic E-state index is -0.466. The maximum atomic E-state index is 12.3. The molecule has 1 fully saturated rings. The Morgan fingerprint density at radius 1 is 1.10 bits per heavy atom. The third kappa shape index (κ3) is 5.76. The van der Waals surface area contributed by atoms with Crippen LogP contribution in [0.15, 0.2) is 42.6 Å². The molecule has 0 N–H and O–H groups in total. The van der Waals surface area contributed by atoms with Crippen molar-refractivity contribution >= 4 is 6.09 Å². The molecule has 0 aliphatic carbocycles. The highest BCUT2D eigenvalue weighted by molar-refractivity contribution is 5.68. The highest BCUT2D eigenvalue weighted by Crippen LogP contribution is 2.30. The lowest BCUT2D eigenvalue weighted by molar-refractivity contribution is 0.0125. The zero-order valence-electron chi connectivity index (χ0n) is 18.8. The van der Waals surface area contributed by atoms with Gasteiger partial charge in [-0.2, -0.15) is 0 Å². The fourth-order valence-electron chi connectivity index (χ4n) is 4.22. The van der Waals surface area contributed by atoms with E-state index in [4.69, 9.17) is 9.47 Å². The summed E-state index contributed by atoms with van der Waals surface area (Å²) in [6.45, 7) is 9.80. The standard InChI is InChI=1S/C25H33N3O3/c1-25(2,3)31-24(29)28-15-10-20(11-16-28)30-23-9-13-26-22-12-14-27(18-21(22)23)17-19-7-5-4-6-8-19/h4-9,13,20H,10-12,14-18H2,1-3H3. The number of likely N-dealkylation sites (tertiary alicyclic amines) is 1. The van der Waals surface area contributed by atoms with Crippen LogP contribution < -0.4 is 4.74 Å². The Bertz CT molecular complexity index is 887.